The molecule has 0 aliphatic carbocycles. The van der Waals surface area contributed by atoms with Crippen LogP contribution in [0.3, 0.4) is 0 Å². The summed E-state index contributed by atoms with van der Waals surface area (Å²) in [5, 5.41) is 14.5. The fourth-order valence-electron chi connectivity index (χ4n) is 2.52. The molecular weight excluding hydrogens is 364 g/mol. The standard InChI is InChI=1S/C18H36N6O4/c1-5-11(4)14(19)16(26)23-12(7-6-8-22-18(20)21)15(25)24-13(17(27)28)9-10(2)3/h10-14H,5-9,19H2,1-4H3,(H,23,26)(H,24,25)(H,27,28)(H4,20,21,22)/t11-,12-,13-,14-/m0/s1. The first kappa shape index (κ1) is 25.6. The zero-order valence-corrected chi connectivity index (χ0v) is 17.3. The van der Waals surface area contributed by atoms with Crippen LogP contribution in [0.15, 0.2) is 4.99 Å². The summed E-state index contributed by atoms with van der Waals surface area (Å²) in [6, 6.07) is -2.72. The third-order valence-electron chi connectivity index (χ3n) is 4.46. The average molecular weight is 401 g/mol. The summed E-state index contributed by atoms with van der Waals surface area (Å²) in [5.74, 6) is -2.18. The number of hydrogen-bond acceptors (Lipinski definition) is 5. The van der Waals surface area contributed by atoms with Crippen molar-refractivity contribution in [3.8, 4) is 0 Å². The molecular formula is C18H36N6O4. The molecule has 28 heavy (non-hydrogen) atoms. The van der Waals surface area contributed by atoms with Gasteiger partial charge >= 0.3 is 5.97 Å². The zero-order valence-electron chi connectivity index (χ0n) is 17.3. The summed E-state index contributed by atoms with van der Waals surface area (Å²) in [7, 11) is 0. The first-order valence-corrected chi connectivity index (χ1v) is 9.64. The molecule has 0 aromatic carbocycles. The monoisotopic (exact) mass is 400 g/mol. The second-order valence-electron chi connectivity index (χ2n) is 7.45. The van der Waals surface area contributed by atoms with E-state index in [9.17, 15) is 19.5 Å². The third-order valence-corrected chi connectivity index (χ3v) is 4.46. The van der Waals surface area contributed by atoms with Crippen LogP contribution in [0.1, 0.15) is 53.4 Å². The molecule has 0 aliphatic heterocycles. The van der Waals surface area contributed by atoms with Gasteiger partial charge in [-0.05, 0) is 31.1 Å². The van der Waals surface area contributed by atoms with E-state index in [2.05, 4.69) is 15.6 Å². The fourth-order valence-corrected chi connectivity index (χ4v) is 2.52. The van der Waals surface area contributed by atoms with Crippen LogP contribution in [0.2, 0.25) is 0 Å². The molecule has 0 rings (SSSR count). The van der Waals surface area contributed by atoms with Gasteiger partial charge in [-0.25, -0.2) is 4.79 Å². The minimum absolute atomic E-state index is 0.0574. The van der Waals surface area contributed by atoms with E-state index in [0.717, 1.165) is 0 Å². The zero-order chi connectivity index (χ0) is 21.9. The number of carboxylic acid groups (broad SMARTS) is 1. The lowest BCUT2D eigenvalue weighted by Crippen LogP contribution is -2.55. The Balaban J connectivity index is 5.17. The number of nitrogens with two attached hydrogens (primary N) is 3. The van der Waals surface area contributed by atoms with Crippen molar-refractivity contribution in [3.05, 3.63) is 0 Å². The Hall–Kier alpha value is -2.36. The minimum atomic E-state index is -1.12. The molecule has 4 atom stereocenters. The number of carbonyl (C=O) groups is 3. The Morgan fingerprint density at radius 3 is 2.07 bits per heavy atom. The van der Waals surface area contributed by atoms with Crippen LogP contribution in [-0.2, 0) is 14.4 Å². The molecule has 0 radical (unpaired) electrons. The largest absolute Gasteiger partial charge is 0.480 e. The third kappa shape index (κ3) is 10.1. The lowest BCUT2D eigenvalue weighted by Gasteiger charge is -2.25. The van der Waals surface area contributed by atoms with Gasteiger partial charge in [-0.1, -0.05) is 34.1 Å². The van der Waals surface area contributed by atoms with Gasteiger partial charge in [-0.3, -0.25) is 14.6 Å². The van der Waals surface area contributed by atoms with Gasteiger partial charge in [-0.2, -0.15) is 0 Å². The molecule has 2 amide bonds. The van der Waals surface area contributed by atoms with Crippen molar-refractivity contribution < 1.29 is 19.5 Å². The molecule has 0 unspecified atom stereocenters. The molecule has 0 bridgehead atoms. The van der Waals surface area contributed by atoms with E-state index >= 15 is 0 Å². The maximum absolute atomic E-state index is 12.6. The van der Waals surface area contributed by atoms with Gasteiger partial charge in [0.2, 0.25) is 11.8 Å². The lowest BCUT2D eigenvalue weighted by molar-refractivity contribution is -0.142. The fraction of sp³-hybridized carbons (Fsp3) is 0.778. The van der Waals surface area contributed by atoms with Crippen LogP contribution < -0.4 is 27.8 Å². The van der Waals surface area contributed by atoms with Gasteiger partial charge in [0.1, 0.15) is 12.1 Å². The van der Waals surface area contributed by atoms with Crippen LogP contribution in [0.5, 0.6) is 0 Å². The Labute approximate surface area is 166 Å². The average Bonchev–Trinajstić information content (AvgIpc) is 2.61. The molecule has 0 saturated heterocycles. The Kier molecular flexibility index (Phi) is 11.8. The summed E-state index contributed by atoms with van der Waals surface area (Å²) in [4.78, 5) is 40.3. The van der Waals surface area contributed by atoms with E-state index in [0.29, 0.717) is 12.8 Å². The first-order chi connectivity index (χ1) is 13.0. The SMILES string of the molecule is CC[C@H](C)[C@H](N)C(=O)N[C@@H](CCCN=C(N)N)C(=O)N[C@@H](CC(C)C)C(=O)O. The normalized spacial score (nSPS) is 15.2. The highest BCUT2D eigenvalue weighted by atomic mass is 16.4. The Morgan fingerprint density at radius 1 is 1.04 bits per heavy atom. The highest BCUT2D eigenvalue weighted by molar-refractivity contribution is 5.91. The van der Waals surface area contributed by atoms with E-state index in [1.54, 1.807) is 0 Å². The number of nitrogens with one attached hydrogen (secondary N) is 2. The topological polar surface area (TPSA) is 186 Å². The quantitative estimate of drug-likeness (QED) is 0.137. The van der Waals surface area contributed by atoms with E-state index < -0.39 is 35.9 Å². The van der Waals surface area contributed by atoms with Gasteiger partial charge in [0.05, 0.1) is 6.04 Å². The number of carboxylic acids is 1. The number of nitrogens with zero attached hydrogens (tertiary/aromatic N) is 1. The molecule has 10 nitrogen and oxygen atoms in total. The molecule has 10 heteroatoms. The maximum atomic E-state index is 12.6. The van der Waals surface area contributed by atoms with Gasteiger partial charge in [0.15, 0.2) is 5.96 Å². The highest BCUT2D eigenvalue weighted by Gasteiger charge is 2.29. The number of rotatable bonds is 13. The number of guanidine groups is 1. The van der Waals surface area contributed by atoms with Gasteiger partial charge in [0, 0.05) is 6.54 Å². The van der Waals surface area contributed by atoms with Crippen molar-refractivity contribution in [3.63, 3.8) is 0 Å². The van der Waals surface area contributed by atoms with Crippen LogP contribution >= 0.6 is 0 Å². The van der Waals surface area contributed by atoms with Gasteiger partial charge < -0.3 is 32.9 Å². The molecule has 9 N–H and O–H groups in total. The maximum Gasteiger partial charge on any atom is 0.326 e. The van der Waals surface area contributed by atoms with E-state index in [1.807, 2.05) is 27.7 Å². The molecule has 0 aromatic rings. The second kappa shape index (κ2) is 12.9. The molecule has 0 aliphatic rings. The predicted molar refractivity (Wildman–Crippen MR) is 108 cm³/mol. The summed E-state index contributed by atoms with van der Waals surface area (Å²) in [6.45, 7) is 7.78. The van der Waals surface area contributed by atoms with E-state index in [-0.39, 0.29) is 37.2 Å². The second-order valence-corrected chi connectivity index (χ2v) is 7.45. The number of aliphatic imine (C=N–C) groups is 1. The lowest BCUT2D eigenvalue weighted by atomic mass is 9.98. The van der Waals surface area contributed by atoms with Crippen LogP contribution in [0.4, 0.5) is 0 Å². The highest BCUT2D eigenvalue weighted by Crippen LogP contribution is 2.09. The summed E-state index contributed by atoms with van der Waals surface area (Å²) in [5.41, 5.74) is 16.5. The smallest absolute Gasteiger partial charge is 0.326 e. The minimum Gasteiger partial charge on any atom is -0.480 e. The first-order valence-electron chi connectivity index (χ1n) is 9.64. The number of carbonyl (C=O) groups excluding carboxylic acids is 2. The van der Waals surface area contributed by atoms with Crippen molar-refractivity contribution >= 4 is 23.7 Å². The molecule has 0 fully saturated rings. The Morgan fingerprint density at radius 2 is 1.61 bits per heavy atom. The molecule has 0 aromatic heterocycles. The molecule has 0 heterocycles. The summed E-state index contributed by atoms with van der Waals surface area (Å²) in [6.07, 6.45) is 1.67. The van der Waals surface area contributed by atoms with Crippen molar-refractivity contribution in [1.29, 1.82) is 0 Å². The Bertz CT molecular complexity index is 548. The van der Waals surface area contributed by atoms with Crippen LogP contribution in [-0.4, -0.2) is 53.5 Å². The summed E-state index contributed by atoms with van der Waals surface area (Å²) < 4.78 is 0. The molecule has 0 saturated carbocycles. The molecule has 0 spiro atoms. The van der Waals surface area contributed by atoms with Crippen molar-refractivity contribution in [2.24, 2.45) is 34.0 Å². The van der Waals surface area contributed by atoms with Crippen LogP contribution in [0.25, 0.3) is 0 Å². The van der Waals surface area contributed by atoms with Crippen molar-refractivity contribution in [2.75, 3.05) is 6.54 Å². The van der Waals surface area contributed by atoms with Gasteiger partial charge in [-0.15, -0.1) is 0 Å². The number of amides is 2. The van der Waals surface area contributed by atoms with Crippen LogP contribution in [0, 0.1) is 11.8 Å². The predicted octanol–water partition coefficient (Wildman–Crippen LogP) is -0.486. The van der Waals surface area contributed by atoms with Crippen molar-refractivity contribution in [2.45, 2.75) is 71.5 Å². The number of hydrogen-bond donors (Lipinski definition) is 6. The number of aliphatic carboxylic acids is 1. The van der Waals surface area contributed by atoms with E-state index in [4.69, 9.17) is 17.2 Å². The van der Waals surface area contributed by atoms with Gasteiger partial charge in [0.25, 0.3) is 0 Å². The molecule has 162 valence electrons. The van der Waals surface area contributed by atoms with E-state index in [1.165, 1.54) is 0 Å². The summed E-state index contributed by atoms with van der Waals surface area (Å²) >= 11 is 0. The van der Waals surface area contributed by atoms with Crippen molar-refractivity contribution in [1.82, 2.24) is 10.6 Å².